The minimum absolute atomic E-state index is 0.161. The topological polar surface area (TPSA) is 79.6 Å². The number of nitrogens with zero attached hydrogens (tertiary/aromatic N) is 4. The van der Waals surface area contributed by atoms with E-state index in [0.29, 0.717) is 5.65 Å². The first-order valence-corrected chi connectivity index (χ1v) is 9.34. The lowest BCUT2D eigenvalue weighted by Gasteiger charge is -2.17. The lowest BCUT2D eigenvalue weighted by atomic mass is 10.1. The zero-order valence-electron chi connectivity index (χ0n) is 13.1. The summed E-state index contributed by atoms with van der Waals surface area (Å²) in [6, 6.07) is 11.2. The molecule has 0 amide bonds. The van der Waals surface area contributed by atoms with Crippen molar-refractivity contribution in [2.45, 2.75) is 6.54 Å². The van der Waals surface area contributed by atoms with Crippen molar-refractivity contribution >= 4 is 38.6 Å². The van der Waals surface area contributed by atoms with Crippen LogP contribution in [0, 0.1) is 0 Å². The van der Waals surface area contributed by atoms with Crippen LogP contribution in [0.2, 0.25) is 5.28 Å². The Hall–Kier alpha value is -2.16. The fourth-order valence-electron chi connectivity index (χ4n) is 2.26. The first-order chi connectivity index (χ1) is 11.3. The number of para-hydroxylation sites is 1. The van der Waals surface area contributed by atoms with Crippen molar-refractivity contribution in [2.24, 2.45) is 0 Å². The number of rotatable bonds is 5. The molecule has 3 aromatic rings. The van der Waals surface area contributed by atoms with Gasteiger partial charge in [-0.3, -0.25) is 0 Å². The number of sulfonamides is 1. The summed E-state index contributed by atoms with van der Waals surface area (Å²) >= 11 is 5.86. The van der Waals surface area contributed by atoms with Gasteiger partial charge in [-0.05, 0) is 35.4 Å². The van der Waals surface area contributed by atoms with Gasteiger partial charge in [0, 0.05) is 25.5 Å². The number of fused-ring (bicyclic) bond motifs is 1. The Kier molecular flexibility index (Phi) is 4.44. The SMILES string of the molecule is CN(Cc1ccccc1Nc1cccn2nc(Cl)nc12)S(C)(=O)=O. The molecule has 0 aliphatic heterocycles. The quantitative estimate of drug-likeness (QED) is 0.751. The predicted molar refractivity (Wildman–Crippen MR) is 94.0 cm³/mol. The summed E-state index contributed by atoms with van der Waals surface area (Å²) in [6.07, 6.45) is 2.94. The molecule has 1 aromatic carbocycles. The molecule has 3 rings (SSSR count). The summed E-state index contributed by atoms with van der Waals surface area (Å²) in [7, 11) is -1.71. The van der Waals surface area contributed by atoms with Gasteiger partial charge in [0.15, 0.2) is 5.65 Å². The number of aromatic nitrogens is 3. The summed E-state index contributed by atoms with van der Waals surface area (Å²) in [6.45, 7) is 0.262. The van der Waals surface area contributed by atoms with E-state index in [1.807, 2.05) is 36.4 Å². The highest BCUT2D eigenvalue weighted by atomic mass is 35.5. The van der Waals surface area contributed by atoms with E-state index in [1.165, 1.54) is 10.6 Å². The second-order valence-corrected chi connectivity index (χ2v) is 7.80. The van der Waals surface area contributed by atoms with Crippen LogP contribution in [-0.2, 0) is 16.6 Å². The van der Waals surface area contributed by atoms with E-state index in [4.69, 9.17) is 11.6 Å². The highest BCUT2D eigenvalue weighted by Crippen LogP contribution is 2.25. The van der Waals surface area contributed by atoms with Crippen molar-refractivity contribution in [2.75, 3.05) is 18.6 Å². The van der Waals surface area contributed by atoms with E-state index in [0.717, 1.165) is 16.9 Å². The van der Waals surface area contributed by atoms with Crippen LogP contribution in [0.3, 0.4) is 0 Å². The minimum Gasteiger partial charge on any atom is -0.352 e. The molecule has 0 saturated carbocycles. The van der Waals surface area contributed by atoms with Crippen molar-refractivity contribution in [3.63, 3.8) is 0 Å². The van der Waals surface area contributed by atoms with Crippen LogP contribution in [-0.4, -0.2) is 40.6 Å². The van der Waals surface area contributed by atoms with Crippen molar-refractivity contribution in [3.05, 3.63) is 53.4 Å². The number of halogens is 1. The summed E-state index contributed by atoms with van der Waals surface area (Å²) in [5.41, 5.74) is 2.96. The number of hydrogen-bond donors (Lipinski definition) is 1. The first kappa shape index (κ1) is 16.7. The maximum Gasteiger partial charge on any atom is 0.243 e. The van der Waals surface area contributed by atoms with Gasteiger partial charge in [-0.25, -0.2) is 17.2 Å². The summed E-state index contributed by atoms with van der Waals surface area (Å²) in [4.78, 5) is 4.19. The van der Waals surface area contributed by atoms with Crippen LogP contribution >= 0.6 is 11.6 Å². The van der Waals surface area contributed by atoms with Gasteiger partial charge in [0.05, 0.1) is 11.9 Å². The first-order valence-electron chi connectivity index (χ1n) is 7.12. The van der Waals surface area contributed by atoms with Crippen molar-refractivity contribution < 1.29 is 8.42 Å². The van der Waals surface area contributed by atoms with Gasteiger partial charge in [-0.1, -0.05) is 18.2 Å². The molecule has 0 radical (unpaired) electrons. The zero-order valence-corrected chi connectivity index (χ0v) is 14.7. The standard InChI is InChI=1S/C15H16ClN5O2S/c1-20(24(2,22)23)10-11-6-3-4-7-12(11)17-13-8-5-9-21-14(13)18-15(16)19-21/h3-9,17H,10H2,1-2H3. The maximum absolute atomic E-state index is 11.7. The van der Waals surface area contributed by atoms with Gasteiger partial charge in [-0.15, -0.1) is 5.10 Å². The van der Waals surface area contributed by atoms with Crippen LogP contribution in [0.4, 0.5) is 11.4 Å². The Morgan fingerprint density at radius 1 is 1.21 bits per heavy atom. The number of nitrogens with one attached hydrogen (secondary N) is 1. The normalized spacial score (nSPS) is 12.0. The van der Waals surface area contributed by atoms with Gasteiger partial charge in [0.2, 0.25) is 15.3 Å². The fraction of sp³-hybridized carbons (Fsp3) is 0.200. The zero-order chi connectivity index (χ0) is 17.3. The summed E-state index contributed by atoms with van der Waals surface area (Å²) in [5, 5.41) is 7.51. The molecular weight excluding hydrogens is 350 g/mol. The van der Waals surface area contributed by atoms with Crippen LogP contribution in [0.1, 0.15) is 5.56 Å². The Balaban J connectivity index is 1.95. The number of anilines is 2. The van der Waals surface area contributed by atoms with Crippen LogP contribution in [0.25, 0.3) is 5.65 Å². The molecule has 2 heterocycles. The van der Waals surface area contributed by atoms with E-state index in [1.54, 1.807) is 17.8 Å². The average molecular weight is 366 g/mol. The van der Waals surface area contributed by atoms with E-state index in [2.05, 4.69) is 15.4 Å². The molecule has 0 bridgehead atoms. The Bertz CT molecular complexity index is 986. The maximum atomic E-state index is 11.7. The van der Waals surface area contributed by atoms with Gasteiger partial charge >= 0.3 is 0 Å². The predicted octanol–water partition coefficient (Wildman–Crippen LogP) is 2.52. The largest absolute Gasteiger partial charge is 0.352 e. The molecule has 126 valence electrons. The fourth-order valence-corrected chi connectivity index (χ4v) is 2.80. The smallest absolute Gasteiger partial charge is 0.243 e. The van der Waals surface area contributed by atoms with E-state index in [9.17, 15) is 8.42 Å². The molecule has 7 nitrogen and oxygen atoms in total. The van der Waals surface area contributed by atoms with Gasteiger partial charge in [0.1, 0.15) is 0 Å². The molecule has 0 fully saturated rings. The van der Waals surface area contributed by atoms with E-state index in [-0.39, 0.29) is 11.8 Å². The van der Waals surface area contributed by atoms with Crippen LogP contribution in [0.5, 0.6) is 0 Å². The molecule has 0 aliphatic carbocycles. The highest BCUT2D eigenvalue weighted by Gasteiger charge is 2.14. The third-order valence-electron chi connectivity index (χ3n) is 3.58. The van der Waals surface area contributed by atoms with Crippen LogP contribution < -0.4 is 5.32 Å². The molecule has 0 atom stereocenters. The lowest BCUT2D eigenvalue weighted by molar-refractivity contribution is 0.473. The third kappa shape index (κ3) is 3.50. The lowest BCUT2D eigenvalue weighted by Crippen LogP contribution is -2.25. The number of hydrogen-bond acceptors (Lipinski definition) is 5. The van der Waals surface area contributed by atoms with Crippen molar-refractivity contribution in [1.82, 2.24) is 18.9 Å². The Labute approximate surface area is 144 Å². The molecule has 0 spiro atoms. The number of benzene rings is 1. The molecule has 2 aromatic heterocycles. The van der Waals surface area contributed by atoms with Crippen molar-refractivity contribution in [3.8, 4) is 0 Å². The Morgan fingerprint density at radius 2 is 1.92 bits per heavy atom. The van der Waals surface area contributed by atoms with Gasteiger partial charge in [-0.2, -0.15) is 4.98 Å². The summed E-state index contributed by atoms with van der Waals surface area (Å²) in [5.74, 6) is 0. The second-order valence-electron chi connectivity index (χ2n) is 5.37. The average Bonchev–Trinajstić information content (AvgIpc) is 2.89. The Morgan fingerprint density at radius 3 is 2.67 bits per heavy atom. The molecule has 1 N–H and O–H groups in total. The monoisotopic (exact) mass is 365 g/mol. The molecule has 24 heavy (non-hydrogen) atoms. The molecule has 0 aliphatic rings. The summed E-state index contributed by atoms with van der Waals surface area (Å²) < 4.78 is 26.2. The van der Waals surface area contributed by atoms with E-state index >= 15 is 0 Å². The highest BCUT2D eigenvalue weighted by molar-refractivity contribution is 7.88. The molecule has 0 saturated heterocycles. The molecule has 9 heteroatoms. The van der Waals surface area contributed by atoms with Crippen molar-refractivity contribution in [1.29, 1.82) is 0 Å². The van der Waals surface area contributed by atoms with Gasteiger partial charge < -0.3 is 5.32 Å². The van der Waals surface area contributed by atoms with Gasteiger partial charge in [0.25, 0.3) is 0 Å². The van der Waals surface area contributed by atoms with E-state index < -0.39 is 10.0 Å². The molecular formula is C15H16ClN5O2S. The third-order valence-corrected chi connectivity index (χ3v) is 5.00. The van der Waals surface area contributed by atoms with Crippen LogP contribution in [0.15, 0.2) is 42.6 Å². The number of pyridine rings is 1. The molecule has 0 unspecified atom stereocenters. The minimum atomic E-state index is -3.26. The second kappa shape index (κ2) is 6.39.